The minimum absolute atomic E-state index is 0.227. The van der Waals surface area contributed by atoms with Crippen molar-refractivity contribution in [2.24, 2.45) is 0 Å². The quantitative estimate of drug-likeness (QED) is 0.894. The summed E-state index contributed by atoms with van der Waals surface area (Å²) in [4.78, 5) is 25.9. The first-order valence-electron chi connectivity index (χ1n) is 8.75. The monoisotopic (exact) mass is 331 g/mol. The molecule has 3 rings (SSSR count). The van der Waals surface area contributed by atoms with Crippen LogP contribution in [-0.2, 0) is 9.59 Å². The zero-order valence-electron chi connectivity index (χ0n) is 14.4. The van der Waals surface area contributed by atoms with E-state index in [-0.39, 0.29) is 5.91 Å². The second-order valence-electron chi connectivity index (χ2n) is 7.02. The van der Waals surface area contributed by atoms with Gasteiger partial charge in [0.1, 0.15) is 11.3 Å². The Morgan fingerprint density at radius 1 is 1.21 bits per heavy atom. The minimum Gasteiger partial charge on any atom is -0.490 e. The molecule has 2 fully saturated rings. The van der Waals surface area contributed by atoms with Gasteiger partial charge in [-0.1, -0.05) is 19.3 Å². The van der Waals surface area contributed by atoms with Crippen LogP contribution in [0.3, 0.4) is 0 Å². The number of rotatable bonds is 5. The van der Waals surface area contributed by atoms with Crippen LogP contribution in [0.15, 0.2) is 18.2 Å². The Labute approximate surface area is 142 Å². The fraction of sp³-hybridized carbons (Fsp3) is 0.579. The maximum absolute atomic E-state index is 12.4. The van der Waals surface area contributed by atoms with Crippen LogP contribution in [0.4, 0.5) is 5.69 Å². The standard InChI is InChI=1S/C19H25NO4/c1-13-12-15(6-9-17(13)24-16-7-8-16)20(14(2)21)19(18(22)23)10-4-3-5-11-19/h6,9,12,16H,3-5,7-8,10-11H2,1-2H3,(H,22,23). The second kappa shape index (κ2) is 6.46. The van der Waals surface area contributed by atoms with E-state index in [1.54, 1.807) is 0 Å². The summed E-state index contributed by atoms with van der Waals surface area (Å²) in [6, 6.07) is 5.54. The van der Waals surface area contributed by atoms with Crippen LogP contribution in [0.25, 0.3) is 0 Å². The Balaban J connectivity index is 1.96. The lowest BCUT2D eigenvalue weighted by atomic mass is 9.79. The highest BCUT2D eigenvalue weighted by Gasteiger charge is 2.47. The van der Waals surface area contributed by atoms with E-state index >= 15 is 0 Å². The molecule has 0 saturated heterocycles. The fourth-order valence-electron chi connectivity index (χ4n) is 3.67. The zero-order valence-corrected chi connectivity index (χ0v) is 14.4. The van der Waals surface area contributed by atoms with E-state index in [4.69, 9.17) is 4.74 Å². The maximum atomic E-state index is 12.4. The Hall–Kier alpha value is -2.04. The second-order valence-corrected chi connectivity index (χ2v) is 7.02. The molecule has 2 saturated carbocycles. The zero-order chi connectivity index (χ0) is 17.3. The van der Waals surface area contributed by atoms with Gasteiger partial charge in [0.25, 0.3) is 0 Å². The topological polar surface area (TPSA) is 66.8 Å². The number of amides is 1. The Morgan fingerprint density at radius 3 is 2.38 bits per heavy atom. The largest absolute Gasteiger partial charge is 0.490 e. The number of carbonyl (C=O) groups excluding carboxylic acids is 1. The number of carboxylic acid groups (broad SMARTS) is 1. The van der Waals surface area contributed by atoms with Gasteiger partial charge in [-0.15, -0.1) is 0 Å². The number of anilines is 1. The SMILES string of the molecule is CC(=O)N(c1ccc(OC2CC2)c(C)c1)C1(C(=O)O)CCCCC1. The van der Waals surface area contributed by atoms with Crippen molar-refractivity contribution in [2.45, 2.75) is 70.4 Å². The molecule has 5 heteroatoms. The van der Waals surface area contributed by atoms with E-state index in [1.165, 1.54) is 11.8 Å². The van der Waals surface area contributed by atoms with Gasteiger partial charge in [-0.05, 0) is 56.4 Å². The van der Waals surface area contributed by atoms with Crippen LogP contribution in [0, 0.1) is 6.92 Å². The van der Waals surface area contributed by atoms with E-state index in [0.29, 0.717) is 24.6 Å². The molecule has 0 bridgehead atoms. The average Bonchev–Trinajstić information content (AvgIpc) is 3.34. The molecule has 1 aromatic rings. The first kappa shape index (κ1) is 16.8. The number of benzene rings is 1. The van der Waals surface area contributed by atoms with Crippen molar-refractivity contribution in [1.29, 1.82) is 0 Å². The first-order valence-corrected chi connectivity index (χ1v) is 8.75. The lowest BCUT2D eigenvalue weighted by Crippen LogP contribution is -2.58. The molecule has 2 aliphatic carbocycles. The van der Waals surface area contributed by atoms with Crippen molar-refractivity contribution in [1.82, 2.24) is 0 Å². The number of nitrogens with zero attached hydrogens (tertiary/aromatic N) is 1. The molecule has 1 N–H and O–H groups in total. The fourth-order valence-corrected chi connectivity index (χ4v) is 3.67. The molecule has 5 nitrogen and oxygen atoms in total. The first-order chi connectivity index (χ1) is 11.4. The number of carbonyl (C=O) groups is 2. The third-order valence-electron chi connectivity index (χ3n) is 5.06. The highest BCUT2D eigenvalue weighted by Crippen LogP contribution is 2.39. The summed E-state index contributed by atoms with van der Waals surface area (Å²) in [6.45, 7) is 3.39. The summed E-state index contributed by atoms with van der Waals surface area (Å²) in [5.41, 5.74) is 0.449. The lowest BCUT2D eigenvalue weighted by Gasteiger charge is -2.42. The third kappa shape index (κ3) is 3.12. The van der Waals surface area contributed by atoms with Gasteiger partial charge >= 0.3 is 5.97 Å². The third-order valence-corrected chi connectivity index (χ3v) is 5.06. The van der Waals surface area contributed by atoms with Gasteiger partial charge in [0.05, 0.1) is 6.10 Å². The molecule has 0 aromatic heterocycles. The number of aliphatic carboxylic acids is 1. The lowest BCUT2D eigenvalue weighted by molar-refractivity contribution is -0.146. The number of aryl methyl sites for hydroxylation is 1. The van der Waals surface area contributed by atoms with Gasteiger partial charge < -0.3 is 9.84 Å². The van der Waals surface area contributed by atoms with Crippen LogP contribution in [0.5, 0.6) is 5.75 Å². The molecule has 130 valence electrons. The van der Waals surface area contributed by atoms with Crippen molar-refractivity contribution in [3.63, 3.8) is 0 Å². The van der Waals surface area contributed by atoms with Crippen LogP contribution < -0.4 is 9.64 Å². The molecule has 1 amide bonds. The molecule has 0 radical (unpaired) electrons. The van der Waals surface area contributed by atoms with E-state index in [0.717, 1.165) is 43.4 Å². The number of ether oxygens (including phenoxy) is 1. The van der Waals surface area contributed by atoms with Crippen molar-refractivity contribution >= 4 is 17.6 Å². The molecule has 0 spiro atoms. The molecular formula is C19H25NO4. The summed E-state index contributed by atoms with van der Waals surface area (Å²) < 4.78 is 5.85. The van der Waals surface area contributed by atoms with Crippen molar-refractivity contribution in [3.8, 4) is 5.75 Å². The molecule has 24 heavy (non-hydrogen) atoms. The summed E-state index contributed by atoms with van der Waals surface area (Å²) >= 11 is 0. The Morgan fingerprint density at radius 2 is 1.88 bits per heavy atom. The molecule has 0 heterocycles. The number of carboxylic acids is 1. The van der Waals surface area contributed by atoms with Crippen molar-refractivity contribution < 1.29 is 19.4 Å². The van der Waals surface area contributed by atoms with E-state index < -0.39 is 11.5 Å². The number of hydrogen-bond donors (Lipinski definition) is 1. The summed E-state index contributed by atoms with van der Waals surface area (Å²) in [5.74, 6) is -0.319. The molecule has 2 aliphatic rings. The Bertz CT molecular complexity index is 645. The molecule has 0 unspecified atom stereocenters. The predicted molar refractivity (Wildman–Crippen MR) is 91.4 cm³/mol. The Kier molecular flexibility index (Phi) is 4.52. The highest BCUT2D eigenvalue weighted by atomic mass is 16.5. The normalized spacial score (nSPS) is 19.6. The highest BCUT2D eigenvalue weighted by molar-refractivity contribution is 6.00. The molecule has 1 aromatic carbocycles. The van der Waals surface area contributed by atoms with Gasteiger partial charge in [-0.25, -0.2) is 4.79 Å². The van der Waals surface area contributed by atoms with Gasteiger partial charge in [-0.3, -0.25) is 9.69 Å². The van der Waals surface area contributed by atoms with Crippen molar-refractivity contribution in [3.05, 3.63) is 23.8 Å². The van der Waals surface area contributed by atoms with E-state index in [1.807, 2.05) is 25.1 Å². The van der Waals surface area contributed by atoms with Crippen LogP contribution in [-0.4, -0.2) is 28.6 Å². The minimum atomic E-state index is -1.13. The van der Waals surface area contributed by atoms with Gasteiger partial charge in [0.15, 0.2) is 0 Å². The predicted octanol–water partition coefficient (Wildman–Crippen LogP) is 3.68. The summed E-state index contributed by atoms with van der Waals surface area (Å²) in [6.07, 6.45) is 6.17. The maximum Gasteiger partial charge on any atom is 0.330 e. The number of hydrogen-bond acceptors (Lipinski definition) is 3. The summed E-state index contributed by atoms with van der Waals surface area (Å²) in [7, 11) is 0. The smallest absolute Gasteiger partial charge is 0.330 e. The van der Waals surface area contributed by atoms with Gasteiger partial charge in [0.2, 0.25) is 5.91 Å². The van der Waals surface area contributed by atoms with Crippen molar-refractivity contribution in [2.75, 3.05) is 4.90 Å². The van der Waals surface area contributed by atoms with Gasteiger partial charge in [-0.2, -0.15) is 0 Å². The molecular weight excluding hydrogens is 306 g/mol. The van der Waals surface area contributed by atoms with E-state index in [2.05, 4.69) is 0 Å². The van der Waals surface area contributed by atoms with E-state index in [9.17, 15) is 14.7 Å². The van der Waals surface area contributed by atoms with Crippen LogP contribution >= 0.6 is 0 Å². The average molecular weight is 331 g/mol. The van der Waals surface area contributed by atoms with Gasteiger partial charge in [0, 0.05) is 12.6 Å². The van der Waals surface area contributed by atoms with Crippen LogP contribution in [0.2, 0.25) is 0 Å². The van der Waals surface area contributed by atoms with Crippen LogP contribution in [0.1, 0.15) is 57.4 Å². The summed E-state index contributed by atoms with van der Waals surface area (Å²) in [5, 5.41) is 9.90. The molecule has 0 atom stereocenters. The molecule has 0 aliphatic heterocycles.